The predicted molar refractivity (Wildman–Crippen MR) is 87.1 cm³/mol. The molecule has 0 amide bonds. The summed E-state index contributed by atoms with van der Waals surface area (Å²) in [6.07, 6.45) is 2.04. The Balaban J connectivity index is 2.08. The molecule has 0 radical (unpaired) electrons. The van der Waals surface area contributed by atoms with Crippen molar-refractivity contribution < 1.29 is 8.42 Å². The van der Waals surface area contributed by atoms with Crippen LogP contribution in [-0.2, 0) is 16.6 Å². The molecular formula is C13H22N2O2S3. The maximum absolute atomic E-state index is 12.4. The fourth-order valence-corrected chi connectivity index (χ4v) is 6.17. The van der Waals surface area contributed by atoms with Crippen molar-refractivity contribution >= 4 is 33.1 Å². The molecule has 0 aliphatic carbocycles. The van der Waals surface area contributed by atoms with Crippen LogP contribution in [0.25, 0.3) is 0 Å². The zero-order valence-corrected chi connectivity index (χ0v) is 14.4. The molecule has 1 unspecified atom stereocenters. The van der Waals surface area contributed by atoms with Gasteiger partial charge >= 0.3 is 0 Å². The highest BCUT2D eigenvalue weighted by Gasteiger charge is 2.24. The van der Waals surface area contributed by atoms with Crippen LogP contribution in [-0.4, -0.2) is 32.5 Å². The van der Waals surface area contributed by atoms with E-state index in [4.69, 9.17) is 0 Å². The van der Waals surface area contributed by atoms with Crippen molar-refractivity contribution in [1.29, 1.82) is 0 Å². The number of hydrogen-bond donors (Lipinski definition) is 2. The first-order valence-electron chi connectivity index (χ1n) is 6.93. The molecular weight excluding hydrogens is 312 g/mol. The molecule has 4 nitrogen and oxygen atoms in total. The van der Waals surface area contributed by atoms with E-state index in [1.54, 1.807) is 6.07 Å². The van der Waals surface area contributed by atoms with Gasteiger partial charge in [0.25, 0.3) is 0 Å². The lowest BCUT2D eigenvalue weighted by atomic mass is 10.2. The molecule has 1 aromatic heterocycles. The third-order valence-corrected chi connectivity index (χ3v) is 7.73. The molecule has 1 aliphatic heterocycles. The number of rotatable bonds is 6. The van der Waals surface area contributed by atoms with E-state index in [2.05, 4.69) is 10.0 Å². The molecule has 1 saturated heterocycles. The summed E-state index contributed by atoms with van der Waals surface area (Å²) in [5.41, 5.74) is 1.05. The molecule has 0 spiro atoms. The van der Waals surface area contributed by atoms with Crippen LogP contribution in [0, 0.1) is 6.92 Å². The Morgan fingerprint density at radius 2 is 2.25 bits per heavy atom. The van der Waals surface area contributed by atoms with Crippen molar-refractivity contribution in [3.05, 3.63) is 16.5 Å². The van der Waals surface area contributed by atoms with Crippen molar-refractivity contribution in [3.63, 3.8) is 0 Å². The van der Waals surface area contributed by atoms with Crippen LogP contribution in [0.2, 0.25) is 0 Å². The Labute approximate surface area is 129 Å². The van der Waals surface area contributed by atoms with Crippen LogP contribution in [0.5, 0.6) is 0 Å². The highest BCUT2D eigenvalue weighted by Crippen LogP contribution is 2.27. The Morgan fingerprint density at radius 1 is 1.45 bits per heavy atom. The van der Waals surface area contributed by atoms with E-state index >= 15 is 0 Å². The monoisotopic (exact) mass is 334 g/mol. The van der Waals surface area contributed by atoms with E-state index in [0.29, 0.717) is 4.21 Å². The average molecular weight is 335 g/mol. The van der Waals surface area contributed by atoms with Gasteiger partial charge in [-0.05, 0) is 43.7 Å². The van der Waals surface area contributed by atoms with Crippen molar-refractivity contribution in [2.75, 3.05) is 18.1 Å². The minimum Gasteiger partial charge on any atom is -0.312 e. The van der Waals surface area contributed by atoms with Crippen molar-refractivity contribution in [2.45, 2.75) is 43.5 Å². The third kappa shape index (κ3) is 4.21. The van der Waals surface area contributed by atoms with Crippen molar-refractivity contribution in [3.8, 4) is 0 Å². The fraction of sp³-hybridized carbons (Fsp3) is 0.692. The standard InChI is InChI=1S/C13H22N2O2S3/c1-3-14-8-12-10(2)7-13(19-12)20(16,17)15-11-5-4-6-18-9-11/h7,11,14-15H,3-6,8-9H2,1-2H3. The van der Waals surface area contributed by atoms with Gasteiger partial charge in [0, 0.05) is 23.2 Å². The first-order chi connectivity index (χ1) is 9.53. The number of aryl methyl sites for hydroxylation is 1. The Morgan fingerprint density at radius 3 is 2.90 bits per heavy atom. The van der Waals surface area contributed by atoms with Crippen molar-refractivity contribution in [2.24, 2.45) is 0 Å². The van der Waals surface area contributed by atoms with Crippen molar-refractivity contribution in [1.82, 2.24) is 10.0 Å². The molecule has 0 saturated carbocycles. The van der Waals surface area contributed by atoms with Crippen LogP contribution < -0.4 is 10.0 Å². The smallest absolute Gasteiger partial charge is 0.250 e. The van der Waals surface area contributed by atoms with Gasteiger partial charge in [0.05, 0.1) is 0 Å². The number of thiophene rings is 1. The zero-order valence-electron chi connectivity index (χ0n) is 11.9. The van der Waals surface area contributed by atoms with E-state index in [1.165, 1.54) is 11.3 Å². The van der Waals surface area contributed by atoms with Gasteiger partial charge in [-0.1, -0.05) is 6.92 Å². The summed E-state index contributed by atoms with van der Waals surface area (Å²) < 4.78 is 28.1. The van der Waals surface area contributed by atoms with E-state index in [1.807, 2.05) is 25.6 Å². The van der Waals surface area contributed by atoms with Gasteiger partial charge in [-0.25, -0.2) is 13.1 Å². The molecule has 2 rings (SSSR count). The predicted octanol–water partition coefficient (Wildman–Crippen LogP) is 2.34. The molecule has 2 N–H and O–H groups in total. The Hall–Kier alpha value is -0.0800. The Kier molecular flexibility index (Phi) is 5.92. The highest BCUT2D eigenvalue weighted by molar-refractivity contribution is 7.99. The van der Waals surface area contributed by atoms with E-state index in [-0.39, 0.29) is 6.04 Å². The van der Waals surface area contributed by atoms with Gasteiger partial charge in [-0.3, -0.25) is 0 Å². The lowest BCUT2D eigenvalue weighted by Crippen LogP contribution is -2.37. The van der Waals surface area contributed by atoms with Gasteiger partial charge < -0.3 is 5.32 Å². The largest absolute Gasteiger partial charge is 0.312 e. The highest BCUT2D eigenvalue weighted by atomic mass is 32.2. The van der Waals surface area contributed by atoms with Crippen LogP contribution in [0.3, 0.4) is 0 Å². The molecule has 7 heteroatoms. The normalized spacial score (nSPS) is 20.2. The van der Waals surface area contributed by atoms with Crippen LogP contribution in [0.4, 0.5) is 0 Å². The second-order valence-electron chi connectivity index (χ2n) is 4.99. The van der Waals surface area contributed by atoms with Gasteiger partial charge in [-0.15, -0.1) is 11.3 Å². The maximum atomic E-state index is 12.4. The van der Waals surface area contributed by atoms with Gasteiger partial charge in [0.1, 0.15) is 4.21 Å². The second-order valence-corrected chi connectivity index (χ2v) is 9.21. The van der Waals surface area contributed by atoms with Gasteiger partial charge in [0.2, 0.25) is 10.0 Å². The van der Waals surface area contributed by atoms with Crippen LogP contribution in [0.15, 0.2) is 10.3 Å². The van der Waals surface area contributed by atoms with Gasteiger partial charge in [-0.2, -0.15) is 11.8 Å². The topological polar surface area (TPSA) is 58.2 Å². The first kappa shape index (κ1) is 16.3. The molecule has 1 aromatic rings. The molecule has 1 fully saturated rings. The second kappa shape index (κ2) is 7.26. The summed E-state index contributed by atoms with van der Waals surface area (Å²) >= 11 is 3.20. The van der Waals surface area contributed by atoms with Crippen LogP contribution in [0.1, 0.15) is 30.2 Å². The van der Waals surface area contributed by atoms with Gasteiger partial charge in [0.15, 0.2) is 0 Å². The average Bonchev–Trinajstić information content (AvgIpc) is 2.79. The quantitative estimate of drug-likeness (QED) is 0.838. The number of sulfonamides is 1. The minimum absolute atomic E-state index is 0.0818. The molecule has 114 valence electrons. The zero-order chi connectivity index (χ0) is 14.6. The summed E-state index contributed by atoms with van der Waals surface area (Å²) in [6, 6.07) is 1.87. The number of nitrogens with one attached hydrogen (secondary N) is 2. The summed E-state index contributed by atoms with van der Waals surface area (Å²) in [6.45, 7) is 5.64. The maximum Gasteiger partial charge on any atom is 0.250 e. The van der Waals surface area contributed by atoms with Crippen LogP contribution >= 0.6 is 23.1 Å². The summed E-state index contributed by atoms with van der Waals surface area (Å²) in [5, 5.41) is 3.24. The minimum atomic E-state index is -3.36. The lowest BCUT2D eigenvalue weighted by molar-refractivity contribution is 0.545. The number of thioether (sulfide) groups is 1. The molecule has 1 atom stereocenters. The number of hydrogen-bond acceptors (Lipinski definition) is 5. The lowest BCUT2D eigenvalue weighted by Gasteiger charge is -2.21. The summed E-state index contributed by atoms with van der Waals surface area (Å²) in [4.78, 5) is 1.10. The SMILES string of the molecule is CCNCc1sc(S(=O)(=O)NC2CCCSC2)cc1C. The van der Waals surface area contributed by atoms with E-state index < -0.39 is 10.0 Å². The Bertz CT molecular complexity index is 534. The fourth-order valence-electron chi connectivity index (χ4n) is 2.15. The molecule has 1 aliphatic rings. The first-order valence-corrected chi connectivity index (χ1v) is 10.4. The molecule has 0 aromatic carbocycles. The summed E-state index contributed by atoms with van der Waals surface area (Å²) in [7, 11) is -3.36. The third-order valence-electron chi connectivity index (χ3n) is 3.28. The molecule has 0 bridgehead atoms. The molecule has 2 heterocycles. The molecule has 20 heavy (non-hydrogen) atoms. The van der Waals surface area contributed by atoms with E-state index in [9.17, 15) is 8.42 Å². The summed E-state index contributed by atoms with van der Waals surface area (Å²) in [5.74, 6) is 2.02. The van der Waals surface area contributed by atoms with E-state index in [0.717, 1.165) is 47.9 Å².